The Morgan fingerprint density at radius 1 is 1.00 bits per heavy atom. The van der Waals surface area contributed by atoms with Crippen molar-refractivity contribution in [3.8, 4) is 5.75 Å². The molecule has 0 aromatic heterocycles. The molecule has 0 heterocycles. The largest absolute Gasteiger partial charge is 0.493 e. The first-order valence-electron chi connectivity index (χ1n) is 8.91. The van der Waals surface area contributed by atoms with Crippen LogP contribution in [0.3, 0.4) is 0 Å². The molecular weight excluding hydrogens is 334 g/mol. The molecule has 0 saturated heterocycles. The zero-order valence-electron chi connectivity index (χ0n) is 16.8. The summed E-state index contributed by atoms with van der Waals surface area (Å²) in [5.41, 5.74) is 0.115. The minimum Gasteiger partial charge on any atom is -0.493 e. The molecule has 0 atom stereocenters. The fraction of sp³-hybridized carbons (Fsp3) is 0.600. The number of rotatable bonds is 7. The van der Waals surface area contributed by atoms with Crippen LogP contribution in [0.1, 0.15) is 58.8 Å². The number of nitrogens with one attached hydrogen (secondary N) is 1. The van der Waals surface area contributed by atoms with Crippen LogP contribution >= 0.6 is 0 Å². The zero-order chi connectivity index (χ0) is 19.9. The lowest BCUT2D eigenvalue weighted by molar-refractivity contribution is 0.0457. The molecule has 26 heavy (non-hydrogen) atoms. The Balaban J connectivity index is 2.99. The molecule has 1 rings (SSSR count). The minimum atomic E-state index is -0.616. The van der Waals surface area contributed by atoms with E-state index in [0.717, 1.165) is 0 Å². The second-order valence-corrected chi connectivity index (χ2v) is 8.07. The van der Waals surface area contributed by atoms with Crippen molar-refractivity contribution in [3.63, 3.8) is 0 Å². The quantitative estimate of drug-likeness (QED) is 0.697. The Morgan fingerprint density at radius 3 is 2.15 bits per heavy atom. The molecular formula is C20H31NO5. The number of ether oxygens (including phenoxy) is 3. The van der Waals surface area contributed by atoms with Crippen molar-refractivity contribution < 1.29 is 23.8 Å². The highest BCUT2D eigenvalue weighted by atomic mass is 16.6. The van der Waals surface area contributed by atoms with E-state index >= 15 is 0 Å². The molecule has 0 aliphatic rings. The van der Waals surface area contributed by atoms with Gasteiger partial charge in [0.25, 0.3) is 0 Å². The van der Waals surface area contributed by atoms with Crippen molar-refractivity contribution in [1.29, 1.82) is 0 Å². The zero-order valence-corrected chi connectivity index (χ0v) is 16.8. The van der Waals surface area contributed by atoms with Gasteiger partial charge in [-0.3, -0.25) is 5.32 Å². The topological polar surface area (TPSA) is 73.9 Å². The van der Waals surface area contributed by atoms with E-state index in [4.69, 9.17) is 14.2 Å². The Hall–Kier alpha value is -2.24. The first-order valence-corrected chi connectivity index (χ1v) is 8.91. The number of carbonyl (C=O) groups excluding carboxylic acids is 2. The molecule has 0 fully saturated rings. The van der Waals surface area contributed by atoms with E-state index in [1.165, 1.54) is 0 Å². The highest BCUT2D eigenvalue weighted by Gasteiger charge is 2.18. The van der Waals surface area contributed by atoms with Gasteiger partial charge < -0.3 is 14.2 Å². The second kappa shape index (κ2) is 9.46. The highest BCUT2D eigenvalue weighted by molar-refractivity contribution is 5.93. The van der Waals surface area contributed by atoms with E-state index in [9.17, 15) is 9.59 Å². The fourth-order valence-corrected chi connectivity index (χ4v) is 1.88. The fourth-order valence-electron chi connectivity index (χ4n) is 1.88. The van der Waals surface area contributed by atoms with Crippen LogP contribution in [0, 0.1) is 11.8 Å². The lowest BCUT2D eigenvalue weighted by atomic mass is 10.1. The molecule has 0 radical (unpaired) electrons. The standard InChI is InChI=1S/C20H31NO5/c1-13(2)11-24-17-9-15(18(22)25-12-14(3)4)8-16(10-17)21-19(23)26-20(5,6)7/h8-10,13-14H,11-12H2,1-7H3,(H,21,23). The van der Waals surface area contributed by atoms with Gasteiger partial charge in [0.1, 0.15) is 11.4 Å². The predicted octanol–water partition coefficient (Wildman–Crippen LogP) is 4.88. The number of carbonyl (C=O) groups is 2. The van der Waals surface area contributed by atoms with E-state index in [-0.39, 0.29) is 5.92 Å². The molecule has 0 saturated carbocycles. The van der Waals surface area contributed by atoms with Crippen LogP contribution < -0.4 is 10.1 Å². The number of anilines is 1. The van der Waals surface area contributed by atoms with Gasteiger partial charge in [0.2, 0.25) is 0 Å². The maximum Gasteiger partial charge on any atom is 0.412 e. The maximum atomic E-state index is 12.3. The van der Waals surface area contributed by atoms with Crippen molar-refractivity contribution in [3.05, 3.63) is 23.8 Å². The first-order chi connectivity index (χ1) is 12.0. The molecule has 146 valence electrons. The molecule has 0 aliphatic heterocycles. The summed E-state index contributed by atoms with van der Waals surface area (Å²) in [7, 11) is 0. The average molecular weight is 365 g/mol. The van der Waals surface area contributed by atoms with E-state index in [1.54, 1.807) is 39.0 Å². The first kappa shape index (κ1) is 21.8. The predicted molar refractivity (Wildman–Crippen MR) is 102 cm³/mol. The Morgan fingerprint density at radius 2 is 1.62 bits per heavy atom. The lowest BCUT2D eigenvalue weighted by Crippen LogP contribution is -2.27. The molecule has 0 bridgehead atoms. The third-order valence-electron chi connectivity index (χ3n) is 2.92. The molecule has 0 spiro atoms. The van der Waals surface area contributed by atoms with E-state index in [1.807, 2.05) is 27.7 Å². The third-order valence-corrected chi connectivity index (χ3v) is 2.92. The summed E-state index contributed by atoms with van der Waals surface area (Å²) in [6, 6.07) is 4.83. The molecule has 1 N–H and O–H groups in total. The summed E-state index contributed by atoms with van der Waals surface area (Å²) >= 11 is 0. The molecule has 6 nitrogen and oxygen atoms in total. The number of hydrogen-bond donors (Lipinski definition) is 1. The van der Waals surface area contributed by atoms with Gasteiger partial charge in [-0.1, -0.05) is 27.7 Å². The molecule has 1 aromatic carbocycles. The number of hydrogen-bond acceptors (Lipinski definition) is 5. The average Bonchev–Trinajstić information content (AvgIpc) is 2.48. The van der Waals surface area contributed by atoms with Crippen molar-refractivity contribution >= 4 is 17.7 Å². The molecule has 6 heteroatoms. The highest BCUT2D eigenvalue weighted by Crippen LogP contribution is 2.23. The summed E-state index contributed by atoms with van der Waals surface area (Å²) in [4.78, 5) is 24.3. The van der Waals surface area contributed by atoms with Crippen molar-refractivity contribution in [2.75, 3.05) is 18.5 Å². The van der Waals surface area contributed by atoms with Gasteiger partial charge in [-0.05, 0) is 44.7 Å². The van der Waals surface area contributed by atoms with Gasteiger partial charge in [-0.25, -0.2) is 9.59 Å². The van der Waals surface area contributed by atoms with Crippen LogP contribution in [0.15, 0.2) is 18.2 Å². The van der Waals surface area contributed by atoms with E-state index in [2.05, 4.69) is 5.32 Å². The SMILES string of the molecule is CC(C)COC(=O)c1cc(NC(=O)OC(C)(C)C)cc(OCC(C)C)c1. The van der Waals surface area contributed by atoms with Gasteiger partial charge in [-0.2, -0.15) is 0 Å². The summed E-state index contributed by atoms with van der Waals surface area (Å²) in [5, 5.41) is 2.64. The van der Waals surface area contributed by atoms with Crippen molar-refractivity contribution in [2.24, 2.45) is 11.8 Å². The van der Waals surface area contributed by atoms with E-state index in [0.29, 0.717) is 36.1 Å². The summed E-state index contributed by atoms with van der Waals surface area (Å²) in [6.45, 7) is 14.1. The van der Waals surface area contributed by atoms with Crippen molar-refractivity contribution in [1.82, 2.24) is 0 Å². The third kappa shape index (κ3) is 8.74. The van der Waals surface area contributed by atoms with Gasteiger partial charge in [0.05, 0.1) is 18.8 Å². The van der Waals surface area contributed by atoms with Gasteiger partial charge in [0.15, 0.2) is 0 Å². The molecule has 0 aliphatic carbocycles. The Kier molecular flexibility index (Phi) is 7.93. The maximum absolute atomic E-state index is 12.3. The van der Waals surface area contributed by atoms with Crippen LogP contribution in [-0.4, -0.2) is 30.9 Å². The van der Waals surface area contributed by atoms with Crippen LogP contribution in [0.2, 0.25) is 0 Å². The molecule has 0 unspecified atom stereocenters. The summed E-state index contributed by atoms with van der Waals surface area (Å²) in [5.74, 6) is 0.595. The van der Waals surface area contributed by atoms with Gasteiger partial charge in [-0.15, -0.1) is 0 Å². The normalized spacial score (nSPS) is 11.4. The number of esters is 1. The van der Waals surface area contributed by atoms with Gasteiger partial charge >= 0.3 is 12.1 Å². The molecule has 1 amide bonds. The van der Waals surface area contributed by atoms with E-state index < -0.39 is 17.7 Å². The monoisotopic (exact) mass is 365 g/mol. The smallest absolute Gasteiger partial charge is 0.412 e. The Bertz CT molecular complexity index is 617. The van der Waals surface area contributed by atoms with Crippen molar-refractivity contribution in [2.45, 2.75) is 54.1 Å². The summed E-state index contributed by atoms with van der Waals surface area (Å²) < 4.78 is 16.2. The minimum absolute atomic E-state index is 0.235. The molecule has 1 aromatic rings. The second-order valence-electron chi connectivity index (χ2n) is 8.07. The van der Waals surface area contributed by atoms with Crippen LogP contribution in [0.4, 0.5) is 10.5 Å². The lowest BCUT2D eigenvalue weighted by Gasteiger charge is -2.20. The van der Waals surface area contributed by atoms with Crippen LogP contribution in [-0.2, 0) is 9.47 Å². The number of amides is 1. The van der Waals surface area contributed by atoms with Crippen LogP contribution in [0.25, 0.3) is 0 Å². The Labute approximate surface area is 156 Å². The summed E-state index contributed by atoms with van der Waals surface area (Å²) in [6.07, 6.45) is -0.597. The van der Waals surface area contributed by atoms with Gasteiger partial charge in [0, 0.05) is 11.8 Å². The number of benzene rings is 1. The van der Waals surface area contributed by atoms with Crippen LogP contribution in [0.5, 0.6) is 5.75 Å².